The van der Waals surface area contributed by atoms with Crippen molar-refractivity contribution in [3.05, 3.63) is 49.1 Å². The Bertz CT molecular complexity index is 1100. The minimum absolute atomic E-state index is 0.220. The van der Waals surface area contributed by atoms with Gasteiger partial charge in [-0.05, 0) is 12.1 Å². The van der Waals surface area contributed by atoms with Crippen molar-refractivity contribution in [1.29, 1.82) is 0 Å². The summed E-state index contributed by atoms with van der Waals surface area (Å²) in [6.07, 6.45) is 5.09. The van der Waals surface area contributed by atoms with Crippen LogP contribution in [-0.2, 0) is 4.74 Å². The van der Waals surface area contributed by atoms with Gasteiger partial charge in [-0.2, -0.15) is 4.98 Å². The molecule has 1 fully saturated rings. The second-order valence-electron chi connectivity index (χ2n) is 6.42. The van der Waals surface area contributed by atoms with Gasteiger partial charge < -0.3 is 15.4 Å². The quantitative estimate of drug-likeness (QED) is 0.577. The van der Waals surface area contributed by atoms with Gasteiger partial charge in [-0.1, -0.05) is 18.2 Å². The molecule has 0 radical (unpaired) electrons. The molecular weight excluding hydrogens is 356 g/mol. The molecule has 1 saturated heterocycles. The number of fused-ring (bicyclic) bond motifs is 1. The third-order valence-corrected chi connectivity index (χ3v) is 4.66. The molecule has 28 heavy (non-hydrogen) atoms. The lowest BCUT2D eigenvalue weighted by molar-refractivity contribution is 0.122. The number of aromatic nitrogens is 6. The Hall–Kier alpha value is -3.59. The van der Waals surface area contributed by atoms with Gasteiger partial charge in [-0.3, -0.25) is 4.57 Å². The van der Waals surface area contributed by atoms with E-state index in [2.05, 4.69) is 19.9 Å². The van der Waals surface area contributed by atoms with Gasteiger partial charge in [0.15, 0.2) is 5.65 Å². The monoisotopic (exact) mass is 374 g/mol. The zero-order valence-electron chi connectivity index (χ0n) is 15.1. The van der Waals surface area contributed by atoms with Crippen molar-refractivity contribution >= 4 is 23.1 Å². The van der Waals surface area contributed by atoms with Crippen molar-refractivity contribution in [2.24, 2.45) is 0 Å². The fourth-order valence-corrected chi connectivity index (χ4v) is 3.23. The largest absolute Gasteiger partial charge is 0.378 e. The summed E-state index contributed by atoms with van der Waals surface area (Å²) in [7, 11) is 0. The normalized spacial score (nSPS) is 14.5. The first-order chi connectivity index (χ1) is 13.8. The van der Waals surface area contributed by atoms with E-state index in [1.807, 2.05) is 34.9 Å². The first-order valence-corrected chi connectivity index (χ1v) is 9.01. The molecule has 2 N–H and O–H groups in total. The molecule has 3 aromatic heterocycles. The van der Waals surface area contributed by atoms with Crippen LogP contribution in [0.2, 0.25) is 0 Å². The number of morpholine rings is 1. The van der Waals surface area contributed by atoms with E-state index in [-0.39, 0.29) is 5.95 Å². The van der Waals surface area contributed by atoms with Crippen molar-refractivity contribution in [2.45, 2.75) is 0 Å². The number of anilines is 2. The third kappa shape index (κ3) is 2.91. The molecule has 140 valence electrons. The topological polar surface area (TPSA) is 108 Å². The molecule has 1 aliphatic rings. The Kier molecular flexibility index (Phi) is 4.06. The smallest absolute Gasteiger partial charge is 0.228 e. The molecule has 0 atom stereocenters. The van der Waals surface area contributed by atoms with Gasteiger partial charge in [0.05, 0.1) is 13.2 Å². The van der Waals surface area contributed by atoms with E-state index in [4.69, 9.17) is 20.4 Å². The van der Waals surface area contributed by atoms with E-state index < -0.39 is 0 Å². The van der Waals surface area contributed by atoms with Crippen molar-refractivity contribution in [2.75, 3.05) is 36.9 Å². The highest BCUT2D eigenvalue weighted by atomic mass is 16.5. The minimum Gasteiger partial charge on any atom is -0.378 e. The molecule has 5 rings (SSSR count). The molecule has 9 heteroatoms. The number of hydrogen-bond donors (Lipinski definition) is 1. The molecule has 0 bridgehead atoms. The lowest BCUT2D eigenvalue weighted by atomic mass is 10.2. The Morgan fingerprint density at radius 3 is 2.43 bits per heavy atom. The van der Waals surface area contributed by atoms with Crippen LogP contribution in [0.25, 0.3) is 28.1 Å². The van der Waals surface area contributed by atoms with Crippen molar-refractivity contribution < 1.29 is 4.74 Å². The molecule has 1 aromatic carbocycles. The summed E-state index contributed by atoms with van der Waals surface area (Å²) in [5.41, 5.74) is 9.48. The summed E-state index contributed by atoms with van der Waals surface area (Å²) in [5.74, 6) is 0.859. The predicted molar refractivity (Wildman–Crippen MR) is 105 cm³/mol. The SMILES string of the molecule is Nc1ncc(-c2nc(N3CCOCC3)nc3c2ncn3-c2ccccc2)cn1. The summed E-state index contributed by atoms with van der Waals surface area (Å²) >= 11 is 0. The van der Waals surface area contributed by atoms with E-state index in [0.717, 1.165) is 30.0 Å². The summed E-state index contributed by atoms with van der Waals surface area (Å²) in [4.78, 5) is 24.5. The van der Waals surface area contributed by atoms with Gasteiger partial charge in [0.25, 0.3) is 0 Å². The highest BCUT2D eigenvalue weighted by Gasteiger charge is 2.20. The van der Waals surface area contributed by atoms with Crippen molar-refractivity contribution in [3.63, 3.8) is 0 Å². The number of nitrogens with zero attached hydrogens (tertiary/aromatic N) is 7. The standard InChI is InChI=1S/C19H18N8O/c20-18-21-10-13(11-22-18)15-16-17(25-19(24-15)26-6-8-28-9-7-26)27(12-23-16)14-4-2-1-3-5-14/h1-5,10-12H,6-9H2,(H2,20,21,22). The van der Waals surface area contributed by atoms with Crippen LogP contribution in [0.15, 0.2) is 49.1 Å². The van der Waals surface area contributed by atoms with Gasteiger partial charge in [-0.15, -0.1) is 0 Å². The maximum atomic E-state index is 5.65. The van der Waals surface area contributed by atoms with Gasteiger partial charge in [-0.25, -0.2) is 19.9 Å². The maximum absolute atomic E-state index is 5.65. The van der Waals surface area contributed by atoms with E-state index in [0.29, 0.717) is 30.4 Å². The number of para-hydroxylation sites is 1. The molecule has 0 unspecified atom stereocenters. The number of nitrogen functional groups attached to an aromatic ring is 1. The van der Waals surface area contributed by atoms with Crippen LogP contribution in [0.3, 0.4) is 0 Å². The van der Waals surface area contributed by atoms with Gasteiger partial charge in [0.2, 0.25) is 11.9 Å². The molecular formula is C19H18N8O. The Morgan fingerprint density at radius 2 is 1.68 bits per heavy atom. The fraction of sp³-hybridized carbons (Fsp3) is 0.211. The van der Waals surface area contributed by atoms with Crippen LogP contribution in [0.1, 0.15) is 0 Å². The van der Waals surface area contributed by atoms with E-state index in [1.54, 1.807) is 18.7 Å². The van der Waals surface area contributed by atoms with Crippen LogP contribution in [-0.4, -0.2) is 55.8 Å². The summed E-state index contributed by atoms with van der Waals surface area (Å²) in [6.45, 7) is 2.78. The lowest BCUT2D eigenvalue weighted by Crippen LogP contribution is -2.37. The highest BCUT2D eigenvalue weighted by Crippen LogP contribution is 2.28. The first-order valence-electron chi connectivity index (χ1n) is 9.01. The number of hydrogen-bond acceptors (Lipinski definition) is 8. The number of ether oxygens (including phenoxy) is 1. The van der Waals surface area contributed by atoms with Crippen LogP contribution < -0.4 is 10.6 Å². The van der Waals surface area contributed by atoms with Crippen LogP contribution in [0.5, 0.6) is 0 Å². The number of rotatable bonds is 3. The predicted octanol–water partition coefficient (Wildman–Crippen LogP) is 1.69. The molecule has 0 saturated carbocycles. The summed E-state index contributed by atoms with van der Waals surface area (Å²) < 4.78 is 7.43. The van der Waals surface area contributed by atoms with Gasteiger partial charge in [0, 0.05) is 36.7 Å². The Morgan fingerprint density at radius 1 is 0.929 bits per heavy atom. The minimum atomic E-state index is 0.220. The molecule has 4 aromatic rings. The molecule has 0 amide bonds. The number of nitrogens with two attached hydrogens (primary N) is 1. The molecule has 0 spiro atoms. The van der Waals surface area contributed by atoms with Crippen molar-refractivity contribution in [1.82, 2.24) is 29.5 Å². The lowest BCUT2D eigenvalue weighted by Gasteiger charge is -2.27. The molecule has 0 aliphatic carbocycles. The summed E-state index contributed by atoms with van der Waals surface area (Å²) in [5, 5.41) is 0. The van der Waals surface area contributed by atoms with Crippen molar-refractivity contribution in [3.8, 4) is 16.9 Å². The third-order valence-electron chi connectivity index (χ3n) is 4.66. The van der Waals surface area contributed by atoms with Crippen LogP contribution in [0.4, 0.5) is 11.9 Å². The summed E-state index contributed by atoms with van der Waals surface area (Å²) in [6, 6.07) is 9.99. The van der Waals surface area contributed by atoms with E-state index >= 15 is 0 Å². The molecule has 1 aliphatic heterocycles. The van der Waals surface area contributed by atoms with Crippen LogP contribution >= 0.6 is 0 Å². The number of benzene rings is 1. The Balaban J connectivity index is 1.73. The average Bonchev–Trinajstić information content (AvgIpc) is 3.19. The second-order valence-corrected chi connectivity index (χ2v) is 6.42. The fourth-order valence-electron chi connectivity index (χ4n) is 3.23. The zero-order valence-corrected chi connectivity index (χ0v) is 15.1. The number of imidazole rings is 1. The van der Waals surface area contributed by atoms with Crippen LogP contribution in [0, 0.1) is 0 Å². The average molecular weight is 374 g/mol. The second kappa shape index (κ2) is 6.86. The highest BCUT2D eigenvalue weighted by molar-refractivity contribution is 5.89. The zero-order chi connectivity index (χ0) is 18.9. The molecule has 4 heterocycles. The van der Waals surface area contributed by atoms with E-state index in [9.17, 15) is 0 Å². The van der Waals surface area contributed by atoms with Gasteiger partial charge in [0.1, 0.15) is 17.5 Å². The van der Waals surface area contributed by atoms with Gasteiger partial charge >= 0.3 is 0 Å². The maximum Gasteiger partial charge on any atom is 0.228 e. The van der Waals surface area contributed by atoms with E-state index in [1.165, 1.54) is 0 Å². The Labute approximate surface area is 160 Å². The molecule has 9 nitrogen and oxygen atoms in total. The first kappa shape index (κ1) is 16.6.